The number of fused-ring (bicyclic) bond motifs is 1. The second-order valence-corrected chi connectivity index (χ2v) is 8.43. The van der Waals surface area contributed by atoms with E-state index < -0.39 is 10.0 Å². The largest absolute Gasteiger partial charge is 0.354 e. The summed E-state index contributed by atoms with van der Waals surface area (Å²) >= 11 is 0. The van der Waals surface area contributed by atoms with E-state index in [1.54, 1.807) is 18.2 Å². The van der Waals surface area contributed by atoms with Crippen molar-refractivity contribution >= 4 is 21.8 Å². The van der Waals surface area contributed by atoms with E-state index in [9.17, 15) is 13.2 Å². The van der Waals surface area contributed by atoms with Crippen LogP contribution in [-0.4, -0.2) is 52.2 Å². The molecule has 1 heterocycles. The number of benzene rings is 2. The summed E-state index contributed by atoms with van der Waals surface area (Å²) in [4.78, 5) is 18.8. The van der Waals surface area contributed by atoms with E-state index in [0.29, 0.717) is 17.9 Å². The smallest absolute Gasteiger partial charge is 0.263 e. The van der Waals surface area contributed by atoms with E-state index in [4.69, 9.17) is 0 Å². The number of rotatable bonds is 7. The molecule has 0 saturated heterocycles. The van der Waals surface area contributed by atoms with Gasteiger partial charge in [0.05, 0.1) is 17.5 Å². The maximum Gasteiger partial charge on any atom is 0.263 e. The Morgan fingerprint density at radius 1 is 1.11 bits per heavy atom. The molecule has 0 saturated carbocycles. The first-order chi connectivity index (χ1) is 13.4. The first kappa shape index (κ1) is 20.0. The number of amidine groups is 1. The molecule has 1 aliphatic heterocycles. The first-order valence-electron chi connectivity index (χ1n) is 9.03. The summed E-state index contributed by atoms with van der Waals surface area (Å²) in [5.41, 5.74) is 1.67. The molecule has 0 aromatic heterocycles. The van der Waals surface area contributed by atoms with Crippen LogP contribution in [0.15, 0.2) is 64.5 Å². The highest BCUT2D eigenvalue weighted by atomic mass is 32.2. The zero-order chi connectivity index (χ0) is 20.1. The number of aliphatic imine (C=N–C) groups is 1. The molecule has 28 heavy (non-hydrogen) atoms. The monoisotopic (exact) mass is 400 g/mol. The number of hydrogen-bond acceptors (Lipinski definition) is 5. The van der Waals surface area contributed by atoms with Crippen molar-refractivity contribution in [2.45, 2.75) is 17.4 Å². The minimum Gasteiger partial charge on any atom is -0.354 e. The van der Waals surface area contributed by atoms with Crippen molar-refractivity contribution in [3.05, 3.63) is 65.7 Å². The van der Waals surface area contributed by atoms with Gasteiger partial charge in [0.25, 0.3) is 10.0 Å². The van der Waals surface area contributed by atoms with Crippen LogP contribution in [0.25, 0.3) is 0 Å². The number of hydrogen-bond donors (Lipinski definition) is 2. The third-order valence-electron chi connectivity index (χ3n) is 4.57. The highest BCUT2D eigenvalue weighted by Crippen LogP contribution is 2.22. The van der Waals surface area contributed by atoms with Crippen LogP contribution in [-0.2, 0) is 14.8 Å². The number of carbonyl (C=O) groups is 1. The Kier molecular flexibility index (Phi) is 6.11. The van der Waals surface area contributed by atoms with E-state index in [1.165, 1.54) is 6.07 Å². The Balaban J connectivity index is 1.56. The summed E-state index contributed by atoms with van der Waals surface area (Å²) in [6.07, 6.45) is 0.183. The second-order valence-electron chi connectivity index (χ2n) is 6.78. The van der Waals surface area contributed by atoms with E-state index in [2.05, 4.69) is 19.9 Å². The molecule has 1 aliphatic rings. The molecule has 148 valence electrons. The molecular weight excluding hydrogens is 376 g/mol. The fraction of sp³-hybridized carbons (Fsp3) is 0.300. The van der Waals surface area contributed by atoms with Crippen LogP contribution in [0.5, 0.6) is 0 Å². The third kappa shape index (κ3) is 4.58. The molecule has 0 radical (unpaired) electrons. The molecule has 1 atom stereocenters. The predicted octanol–water partition coefficient (Wildman–Crippen LogP) is 1.53. The summed E-state index contributed by atoms with van der Waals surface area (Å²) in [7, 11) is 0.389. The van der Waals surface area contributed by atoms with Crippen LogP contribution >= 0.6 is 0 Å². The molecule has 7 nitrogen and oxygen atoms in total. The normalized spacial score (nSPS) is 17.2. The predicted molar refractivity (Wildman–Crippen MR) is 109 cm³/mol. The molecule has 8 heteroatoms. The van der Waals surface area contributed by atoms with E-state index in [-0.39, 0.29) is 29.8 Å². The zero-order valence-corrected chi connectivity index (χ0v) is 16.7. The quantitative estimate of drug-likeness (QED) is 0.738. The molecule has 1 amide bonds. The molecule has 3 rings (SSSR count). The van der Waals surface area contributed by atoms with Gasteiger partial charge >= 0.3 is 0 Å². The van der Waals surface area contributed by atoms with Crippen LogP contribution in [0.3, 0.4) is 0 Å². The maximum atomic E-state index is 12.2. The summed E-state index contributed by atoms with van der Waals surface area (Å²) < 4.78 is 26.6. The topological polar surface area (TPSA) is 90.9 Å². The van der Waals surface area contributed by atoms with Crippen LogP contribution in [0.1, 0.15) is 23.6 Å². The minimum atomic E-state index is -3.55. The Morgan fingerprint density at radius 3 is 2.50 bits per heavy atom. The molecule has 1 unspecified atom stereocenters. The molecule has 0 bridgehead atoms. The second kappa shape index (κ2) is 8.53. The number of likely N-dealkylation sites (N-methyl/N-ethyl adjacent to an activating group) is 1. The summed E-state index contributed by atoms with van der Waals surface area (Å²) in [6.45, 7) is 0.692. The highest BCUT2D eigenvalue weighted by Gasteiger charge is 2.29. The Hall–Kier alpha value is -2.71. The van der Waals surface area contributed by atoms with Gasteiger partial charge in [-0.25, -0.2) is 8.42 Å². The van der Waals surface area contributed by atoms with E-state index in [1.807, 2.05) is 44.4 Å². The Bertz CT molecular complexity index is 972. The van der Waals surface area contributed by atoms with Crippen LogP contribution < -0.4 is 10.0 Å². The molecule has 2 aromatic carbocycles. The molecule has 0 aliphatic carbocycles. The lowest BCUT2D eigenvalue weighted by atomic mass is 10.1. The van der Waals surface area contributed by atoms with Gasteiger partial charge in [-0.1, -0.05) is 42.5 Å². The summed E-state index contributed by atoms with van der Waals surface area (Å²) in [5, 5.41) is 2.93. The number of carbonyl (C=O) groups excluding carboxylic acids is 1. The van der Waals surface area contributed by atoms with Gasteiger partial charge in [0.15, 0.2) is 0 Å². The van der Waals surface area contributed by atoms with Gasteiger partial charge in [-0.15, -0.1) is 0 Å². The van der Waals surface area contributed by atoms with E-state index in [0.717, 1.165) is 5.56 Å². The average Bonchev–Trinajstić information content (AvgIpc) is 2.93. The van der Waals surface area contributed by atoms with Gasteiger partial charge in [0.1, 0.15) is 5.84 Å². The standard InChI is InChI=1S/C20H24N4O3S/c1-24(2)17(15-8-4-3-5-9-15)14-22-19(25)12-13-21-20-16-10-6-7-11-18(16)28(26,27)23-20/h3-11,17H,12-14H2,1-2H3,(H,21,23)(H,22,25). The van der Waals surface area contributed by atoms with Gasteiger partial charge in [-0.3, -0.25) is 14.5 Å². The zero-order valence-electron chi connectivity index (χ0n) is 15.9. The van der Waals surface area contributed by atoms with Gasteiger partial charge < -0.3 is 10.2 Å². The number of nitrogens with zero attached hydrogens (tertiary/aromatic N) is 2. The van der Waals surface area contributed by atoms with Crippen molar-refractivity contribution in [1.82, 2.24) is 14.9 Å². The Morgan fingerprint density at radius 2 is 1.79 bits per heavy atom. The van der Waals surface area contributed by atoms with Crippen molar-refractivity contribution < 1.29 is 13.2 Å². The van der Waals surface area contributed by atoms with E-state index >= 15 is 0 Å². The van der Waals surface area contributed by atoms with Crippen molar-refractivity contribution in [3.63, 3.8) is 0 Å². The highest BCUT2D eigenvalue weighted by molar-refractivity contribution is 7.90. The molecule has 0 spiro atoms. The van der Waals surface area contributed by atoms with Crippen molar-refractivity contribution in [1.29, 1.82) is 0 Å². The fourth-order valence-electron chi connectivity index (χ4n) is 3.09. The first-order valence-corrected chi connectivity index (χ1v) is 10.5. The van der Waals surface area contributed by atoms with Crippen molar-refractivity contribution in [2.24, 2.45) is 4.99 Å². The van der Waals surface area contributed by atoms with Crippen molar-refractivity contribution in [3.8, 4) is 0 Å². The lowest BCUT2D eigenvalue weighted by Gasteiger charge is -2.25. The lowest BCUT2D eigenvalue weighted by Crippen LogP contribution is -2.34. The summed E-state index contributed by atoms with van der Waals surface area (Å²) in [6, 6.07) is 16.7. The van der Waals surface area contributed by atoms with Crippen LogP contribution in [0.2, 0.25) is 0 Å². The average molecular weight is 401 g/mol. The molecule has 0 fully saturated rings. The minimum absolute atomic E-state index is 0.0741. The van der Waals surface area contributed by atoms with Gasteiger partial charge in [-0.05, 0) is 31.8 Å². The molecular formula is C20H24N4O3S. The molecule has 2 aromatic rings. The van der Waals surface area contributed by atoms with Crippen molar-refractivity contribution in [2.75, 3.05) is 27.2 Å². The number of sulfonamides is 1. The maximum absolute atomic E-state index is 12.2. The SMILES string of the molecule is CN(C)C(CNC(=O)CCN=C1NS(=O)(=O)c2ccccc21)c1ccccc1. The van der Waals surface area contributed by atoms with Crippen LogP contribution in [0.4, 0.5) is 0 Å². The third-order valence-corrected chi connectivity index (χ3v) is 5.97. The fourth-order valence-corrected chi connectivity index (χ4v) is 4.34. The summed E-state index contributed by atoms with van der Waals surface area (Å²) in [5.74, 6) is 0.167. The number of nitrogens with one attached hydrogen (secondary N) is 2. The van der Waals surface area contributed by atoms with Gasteiger partial charge in [0.2, 0.25) is 5.91 Å². The lowest BCUT2D eigenvalue weighted by molar-refractivity contribution is -0.121. The Labute approximate surface area is 165 Å². The van der Waals surface area contributed by atoms with Crippen LogP contribution in [0, 0.1) is 0 Å². The molecule has 2 N–H and O–H groups in total. The van der Waals surface area contributed by atoms with Gasteiger partial charge in [-0.2, -0.15) is 0 Å². The van der Waals surface area contributed by atoms with Gasteiger partial charge in [0, 0.05) is 18.5 Å². The number of amides is 1.